The number of likely N-dealkylation sites (N-methyl/N-ethyl adjacent to an activating group) is 1. The van der Waals surface area contributed by atoms with Crippen molar-refractivity contribution in [2.24, 2.45) is 0 Å². The fourth-order valence-corrected chi connectivity index (χ4v) is 1.92. The smallest absolute Gasteiger partial charge is 0.0597 e. The standard InChI is InChI=1S/C11H25N3O/c1-11(2)9-12-10(8-15)7-14(11)6-5-13(3)4/h10,12,15H,5-9H2,1-4H3. The molecule has 0 amide bonds. The Morgan fingerprint density at radius 1 is 1.47 bits per heavy atom. The summed E-state index contributed by atoms with van der Waals surface area (Å²) in [5, 5.41) is 12.5. The van der Waals surface area contributed by atoms with Crippen molar-refractivity contribution in [1.82, 2.24) is 15.1 Å². The second kappa shape index (κ2) is 5.25. The molecule has 0 aromatic rings. The van der Waals surface area contributed by atoms with Gasteiger partial charge in [0.1, 0.15) is 0 Å². The highest BCUT2D eigenvalue weighted by Gasteiger charge is 2.33. The third-order valence-corrected chi connectivity index (χ3v) is 3.16. The van der Waals surface area contributed by atoms with Gasteiger partial charge in [-0.3, -0.25) is 4.90 Å². The maximum Gasteiger partial charge on any atom is 0.0597 e. The largest absolute Gasteiger partial charge is 0.395 e. The van der Waals surface area contributed by atoms with E-state index in [-0.39, 0.29) is 18.2 Å². The minimum atomic E-state index is 0.196. The van der Waals surface area contributed by atoms with Gasteiger partial charge in [-0.2, -0.15) is 0 Å². The Labute approximate surface area is 93.2 Å². The number of hydrogen-bond donors (Lipinski definition) is 2. The van der Waals surface area contributed by atoms with Crippen molar-refractivity contribution in [3.05, 3.63) is 0 Å². The summed E-state index contributed by atoms with van der Waals surface area (Å²) < 4.78 is 0. The minimum Gasteiger partial charge on any atom is -0.395 e. The molecule has 2 N–H and O–H groups in total. The van der Waals surface area contributed by atoms with Crippen LogP contribution in [0, 0.1) is 0 Å². The second-order valence-corrected chi connectivity index (χ2v) is 5.32. The first kappa shape index (κ1) is 12.9. The Bertz CT molecular complexity index is 194. The van der Waals surface area contributed by atoms with Crippen molar-refractivity contribution >= 4 is 0 Å². The normalized spacial score (nSPS) is 27.2. The van der Waals surface area contributed by atoms with Crippen LogP contribution in [-0.4, -0.2) is 73.4 Å². The molecule has 1 heterocycles. The van der Waals surface area contributed by atoms with Crippen LogP contribution in [0.3, 0.4) is 0 Å². The van der Waals surface area contributed by atoms with E-state index in [4.69, 9.17) is 5.11 Å². The fourth-order valence-electron chi connectivity index (χ4n) is 1.92. The van der Waals surface area contributed by atoms with Gasteiger partial charge in [0.15, 0.2) is 0 Å². The number of rotatable bonds is 4. The van der Waals surface area contributed by atoms with Gasteiger partial charge in [0.2, 0.25) is 0 Å². The van der Waals surface area contributed by atoms with Crippen LogP contribution in [0.25, 0.3) is 0 Å². The van der Waals surface area contributed by atoms with Crippen LogP contribution in [-0.2, 0) is 0 Å². The molecule has 1 aliphatic rings. The van der Waals surface area contributed by atoms with Gasteiger partial charge in [-0.05, 0) is 27.9 Å². The summed E-state index contributed by atoms with van der Waals surface area (Å²) in [5.41, 5.74) is 0.196. The lowest BCUT2D eigenvalue weighted by Crippen LogP contribution is -2.63. The third-order valence-electron chi connectivity index (χ3n) is 3.16. The molecule has 4 nitrogen and oxygen atoms in total. The SMILES string of the molecule is CN(C)CCN1CC(CO)NCC1(C)C. The molecule has 4 heteroatoms. The van der Waals surface area contributed by atoms with E-state index in [1.165, 1.54) is 0 Å². The predicted octanol–water partition coefficient (Wildman–Crippen LogP) is -0.407. The molecule has 90 valence electrons. The van der Waals surface area contributed by atoms with Crippen LogP contribution in [0.15, 0.2) is 0 Å². The zero-order valence-electron chi connectivity index (χ0n) is 10.5. The molecule has 0 aromatic carbocycles. The van der Waals surface area contributed by atoms with Crippen molar-refractivity contribution in [2.75, 3.05) is 46.9 Å². The van der Waals surface area contributed by atoms with Gasteiger partial charge >= 0.3 is 0 Å². The minimum absolute atomic E-state index is 0.196. The summed E-state index contributed by atoms with van der Waals surface area (Å²) in [6.07, 6.45) is 0. The molecule has 0 radical (unpaired) electrons. The Morgan fingerprint density at radius 2 is 2.13 bits per heavy atom. The molecule has 0 spiro atoms. The molecule has 1 rings (SSSR count). The number of nitrogens with zero attached hydrogens (tertiary/aromatic N) is 2. The van der Waals surface area contributed by atoms with Crippen LogP contribution < -0.4 is 5.32 Å². The van der Waals surface area contributed by atoms with E-state index in [1.807, 2.05) is 0 Å². The Kier molecular flexibility index (Phi) is 4.52. The summed E-state index contributed by atoms with van der Waals surface area (Å²) in [6, 6.07) is 0.236. The highest BCUT2D eigenvalue weighted by molar-refractivity contribution is 4.92. The van der Waals surface area contributed by atoms with Crippen LogP contribution in [0.2, 0.25) is 0 Å². The molecule has 1 aliphatic heterocycles. The zero-order valence-corrected chi connectivity index (χ0v) is 10.5. The van der Waals surface area contributed by atoms with Crippen LogP contribution in [0.4, 0.5) is 0 Å². The average Bonchev–Trinajstić information content (AvgIpc) is 2.15. The highest BCUT2D eigenvalue weighted by Crippen LogP contribution is 2.17. The summed E-state index contributed by atoms with van der Waals surface area (Å²) in [6.45, 7) is 8.77. The Balaban J connectivity index is 2.48. The van der Waals surface area contributed by atoms with E-state index >= 15 is 0 Å². The molecular weight excluding hydrogens is 190 g/mol. The van der Waals surface area contributed by atoms with Gasteiger partial charge in [-0.25, -0.2) is 0 Å². The van der Waals surface area contributed by atoms with Crippen molar-refractivity contribution in [2.45, 2.75) is 25.4 Å². The van der Waals surface area contributed by atoms with E-state index in [2.05, 4.69) is 43.1 Å². The quantitative estimate of drug-likeness (QED) is 0.669. The molecule has 1 unspecified atom stereocenters. The number of piperazine rings is 1. The fraction of sp³-hybridized carbons (Fsp3) is 1.00. The van der Waals surface area contributed by atoms with Gasteiger partial charge in [0.05, 0.1) is 6.61 Å². The molecule has 1 saturated heterocycles. The third kappa shape index (κ3) is 3.72. The maximum atomic E-state index is 9.16. The zero-order chi connectivity index (χ0) is 11.5. The van der Waals surface area contributed by atoms with Crippen molar-refractivity contribution in [3.8, 4) is 0 Å². The van der Waals surface area contributed by atoms with E-state index < -0.39 is 0 Å². The first-order valence-corrected chi connectivity index (χ1v) is 5.70. The first-order chi connectivity index (χ1) is 6.95. The lowest BCUT2D eigenvalue weighted by molar-refractivity contribution is 0.0444. The average molecular weight is 215 g/mol. The number of nitrogens with one attached hydrogen (secondary N) is 1. The van der Waals surface area contributed by atoms with Crippen LogP contribution in [0.5, 0.6) is 0 Å². The lowest BCUT2D eigenvalue weighted by Gasteiger charge is -2.46. The number of aliphatic hydroxyl groups excluding tert-OH is 1. The van der Waals surface area contributed by atoms with Crippen molar-refractivity contribution < 1.29 is 5.11 Å². The summed E-state index contributed by atoms with van der Waals surface area (Å²) in [4.78, 5) is 4.66. The summed E-state index contributed by atoms with van der Waals surface area (Å²) in [7, 11) is 4.19. The predicted molar refractivity (Wildman–Crippen MR) is 63.1 cm³/mol. The molecule has 0 aromatic heterocycles. The summed E-state index contributed by atoms with van der Waals surface area (Å²) in [5.74, 6) is 0. The molecule has 0 saturated carbocycles. The highest BCUT2D eigenvalue weighted by atomic mass is 16.3. The van der Waals surface area contributed by atoms with Gasteiger partial charge in [-0.1, -0.05) is 0 Å². The van der Waals surface area contributed by atoms with E-state index in [0.29, 0.717) is 0 Å². The Hall–Kier alpha value is -0.160. The molecular formula is C11H25N3O. The Morgan fingerprint density at radius 3 is 2.67 bits per heavy atom. The van der Waals surface area contributed by atoms with Crippen molar-refractivity contribution in [3.63, 3.8) is 0 Å². The second-order valence-electron chi connectivity index (χ2n) is 5.32. The van der Waals surface area contributed by atoms with E-state index in [1.54, 1.807) is 0 Å². The molecule has 1 atom stereocenters. The van der Waals surface area contributed by atoms with Gasteiger partial charge in [0.25, 0.3) is 0 Å². The van der Waals surface area contributed by atoms with Gasteiger partial charge < -0.3 is 15.3 Å². The van der Waals surface area contributed by atoms with Crippen LogP contribution in [0.1, 0.15) is 13.8 Å². The lowest BCUT2D eigenvalue weighted by atomic mass is 9.97. The molecule has 0 aliphatic carbocycles. The van der Waals surface area contributed by atoms with E-state index in [0.717, 1.165) is 26.2 Å². The number of hydrogen-bond acceptors (Lipinski definition) is 4. The van der Waals surface area contributed by atoms with Crippen molar-refractivity contribution in [1.29, 1.82) is 0 Å². The monoisotopic (exact) mass is 215 g/mol. The maximum absolute atomic E-state index is 9.16. The molecule has 0 bridgehead atoms. The topological polar surface area (TPSA) is 38.7 Å². The molecule has 1 fully saturated rings. The number of aliphatic hydroxyl groups is 1. The van der Waals surface area contributed by atoms with Gasteiger partial charge in [-0.15, -0.1) is 0 Å². The van der Waals surface area contributed by atoms with E-state index in [9.17, 15) is 0 Å². The molecule has 15 heavy (non-hydrogen) atoms. The summed E-state index contributed by atoms with van der Waals surface area (Å²) >= 11 is 0. The van der Waals surface area contributed by atoms with Gasteiger partial charge in [0, 0.05) is 37.8 Å². The first-order valence-electron chi connectivity index (χ1n) is 5.70. The van der Waals surface area contributed by atoms with Crippen LogP contribution >= 0.6 is 0 Å².